The SMILES string of the molecule is CCC/C(CCCCS(C)(=O)=O)=N\N. The highest BCUT2D eigenvalue weighted by Crippen LogP contribution is 2.04. The summed E-state index contributed by atoms with van der Waals surface area (Å²) in [6, 6.07) is 0. The zero-order valence-electron chi connectivity index (χ0n) is 8.99. The van der Waals surface area contributed by atoms with Gasteiger partial charge in [-0.3, -0.25) is 0 Å². The molecule has 0 amide bonds. The smallest absolute Gasteiger partial charge is 0.147 e. The van der Waals surface area contributed by atoms with E-state index >= 15 is 0 Å². The standard InChI is InChI=1S/C9H20N2O2S/c1-3-6-9(11-10)7-4-5-8-14(2,12)13/h3-8,10H2,1-2H3/b11-9+. The molecule has 0 fully saturated rings. The van der Waals surface area contributed by atoms with Crippen molar-refractivity contribution in [1.29, 1.82) is 0 Å². The summed E-state index contributed by atoms with van der Waals surface area (Å²) < 4.78 is 21.6. The van der Waals surface area contributed by atoms with Crippen LogP contribution in [0.1, 0.15) is 39.0 Å². The van der Waals surface area contributed by atoms with Crippen molar-refractivity contribution in [3.8, 4) is 0 Å². The van der Waals surface area contributed by atoms with Crippen molar-refractivity contribution in [2.75, 3.05) is 12.0 Å². The molecule has 0 radical (unpaired) electrons. The van der Waals surface area contributed by atoms with Crippen LogP contribution in [0.15, 0.2) is 5.10 Å². The predicted molar refractivity (Wildman–Crippen MR) is 60.1 cm³/mol. The summed E-state index contributed by atoms with van der Waals surface area (Å²) in [6.45, 7) is 2.07. The largest absolute Gasteiger partial charge is 0.323 e. The number of unbranched alkanes of at least 4 members (excludes halogenated alkanes) is 1. The maximum absolute atomic E-state index is 10.8. The van der Waals surface area contributed by atoms with Gasteiger partial charge in [0.2, 0.25) is 0 Å². The molecule has 0 saturated heterocycles. The van der Waals surface area contributed by atoms with E-state index in [1.165, 1.54) is 6.26 Å². The van der Waals surface area contributed by atoms with Crippen LogP contribution < -0.4 is 5.84 Å². The second-order valence-electron chi connectivity index (χ2n) is 3.53. The summed E-state index contributed by atoms with van der Waals surface area (Å²) in [4.78, 5) is 0. The van der Waals surface area contributed by atoms with Crippen molar-refractivity contribution in [2.45, 2.75) is 39.0 Å². The van der Waals surface area contributed by atoms with Crippen molar-refractivity contribution in [3.05, 3.63) is 0 Å². The summed E-state index contributed by atoms with van der Waals surface area (Å²) in [6.07, 6.45) is 5.57. The number of nitrogens with zero attached hydrogens (tertiary/aromatic N) is 1. The fourth-order valence-corrected chi connectivity index (χ4v) is 1.96. The monoisotopic (exact) mass is 220 g/mol. The zero-order chi connectivity index (χ0) is 11.0. The molecule has 0 saturated carbocycles. The van der Waals surface area contributed by atoms with Crippen LogP contribution in [0.2, 0.25) is 0 Å². The Hall–Kier alpha value is -0.580. The van der Waals surface area contributed by atoms with Gasteiger partial charge in [-0.25, -0.2) is 8.42 Å². The average molecular weight is 220 g/mol. The first-order valence-electron chi connectivity index (χ1n) is 4.93. The summed E-state index contributed by atoms with van der Waals surface area (Å²) in [5.74, 6) is 5.46. The minimum absolute atomic E-state index is 0.261. The second-order valence-corrected chi connectivity index (χ2v) is 5.79. The van der Waals surface area contributed by atoms with Crippen LogP contribution in [0.3, 0.4) is 0 Å². The van der Waals surface area contributed by atoms with Gasteiger partial charge >= 0.3 is 0 Å². The fourth-order valence-electron chi connectivity index (χ4n) is 1.24. The van der Waals surface area contributed by atoms with Gasteiger partial charge in [-0.05, 0) is 25.7 Å². The quantitative estimate of drug-likeness (QED) is 0.304. The second kappa shape index (κ2) is 6.81. The molecule has 0 aliphatic rings. The highest BCUT2D eigenvalue weighted by atomic mass is 32.2. The molecule has 0 atom stereocenters. The highest BCUT2D eigenvalue weighted by Gasteiger charge is 2.03. The van der Waals surface area contributed by atoms with E-state index in [2.05, 4.69) is 12.0 Å². The molecule has 0 rings (SSSR count). The van der Waals surface area contributed by atoms with Crippen molar-refractivity contribution >= 4 is 15.5 Å². The Morgan fingerprint density at radius 2 is 1.93 bits per heavy atom. The predicted octanol–water partition coefficient (Wildman–Crippen LogP) is 1.32. The van der Waals surface area contributed by atoms with E-state index in [-0.39, 0.29) is 5.75 Å². The third-order valence-electron chi connectivity index (χ3n) is 1.95. The lowest BCUT2D eigenvalue weighted by atomic mass is 10.1. The molecule has 0 heterocycles. The lowest BCUT2D eigenvalue weighted by molar-refractivity contribution is 0.597. The number of hydrazone groups is 1. The topological polar surface area (TPSA) is 72.5 Å². The molecule has 0 aromatic rings. The third kappa shape index (κ3) is 8.04. The Balaban J connectivity index is 3.63. The zero-order valence-corrected chi connectivity index (χ0v) is 9.81. The van der Waals surface area contributed by atoms with E-state index in [9.17, 15) is 8.42 Å². The maximum Gasteiger partial charge on any atom is 0.147 e. The van der Waals surface area contributed by atoms with Gasteiger partial charge in [-0.2, -0.15) is 5.10 Å². The van der Waals surface area contributed by atoms with Gasteiger partial charge in [-0.1, -0.05) is 13.3 Å². The van der Waals surface area contributed by atoms with Crippen molar-refractivity contribution in [3.63, 3.8) is 0 Å². The van der Waals surface area contributed by atoms with Crippen LogP contribution in [0.5, 0.6) is 0 Å². The van der Waals surface area contributed by atoms with Crippen LogP contribution in [0, 0.1) is 0 Å². The maximum atomic E-state index is 10.8. The van der Waals surface area contributed by atoms with Crippen LogP contribution in [0.25, 0.3) is 0 Å². The average Bonchev–Trinajstić information content (AvgIpc) is 2.08. The molecule has 4 nitrogen and oxygen atoms in total. The van der Waals surface area contributed by atoms with E-state index < -0.39 is 9.84 Å². The Labute approximate surface area is 86.5 Å². The van der Waals surface area contributed by atoms with E-state index in [1.54, 1.807) is 0 Å². The highest BCUT2D eigenvalue weighted by molar-refractivity contribution is 7.90. The van der Waals surface area contributed by atoms with E-state index in [1.807, 2.05) is 0 Å². The molecule has 84 valence electrons. The van der Waals surface area contributed by atoms with Gasteiger partial charge in [0.25, 0.3) is 0 Å². The van der Waals surface area contributed by atoms with E-state index in [4.69, 9.17) is 5.84 Å². The summed E-state index contributed by atoms with van der Waals surface area (Å²) in [7, 11) is -2.81. The van der Waals surface area contributed by atoms with Gasteiger partial charge in [0, 0.05) is 17.7 Å². The van der Waals surface area contributed by atoms with Gasteiger partial charge in [0.1, 0.15) is 9.84 Å². The molecule has 0 aromatic carbocycles. The van der Waals surface area contributed by atoms with Gasteiger partial charge in [-0.15, -0.1) is 0 Å². The number of sulfone groups is 1. The first-order chi connectivity index (χ1) is 6.49. The number of nitrogens with two attached hydrogens (primary N) is 1. The molecule has 14 heavy (non-hydrogen) atoms. The van der Waals surface area contributed by atoms with E-state index in [0.29, 0.717) is 6.42 Å². The van der Waals surface area contributed by atoms with Gasteiger partial charge in [0.15, 0.2) is 0 Å². The summed E-state index contributed by atoms with van der Waals surface area (Å²) in [5.41, 5.74) is 0.987. The lowest BCUT2D eigenvalue weighted by Crippen LogP contribution is -2.05. The van der Waals surface area contributed by atoms with Crippen molar-refractivity contribution in [2.24, 2.45) is 10.9 Å². The van der Waals surface area contributed by atoms with Crippen molar-refractivity contribution in [1.82, 2.24) is 0 Å². The van der Waals surface area contributed by atoms with Crippen LogP contribution in [-0.2, 0) is 9.84 Å². The van der Waals surface area contributed by atoms with Gasteiger partial charge in [0.05, 0.1) is 0 Å². The Morgan fingerprint density at radius 3 is 2.36 bits per heavy atom. The molecular weight excluding hydrogens is 200 g/mol. The molecule has 0 spiro atoms. The normalized spacial score (nSPS) is 13.1. The minimum atomic E-state index is -2.81. The minimum Gasteiger partial charge on any atom is -0.323 e. The van der Waals surface area contributed by atoms with E-state index in [0.717, 1.165) is 31.4 Å². The summed E-state index contributed by atoms with van der Waals surface area (Å²) in [5, 5.41) is 3.68. The van der Waals surface area contributed by atoms with Crippen LogP contribution in [-0.4, -0.2) is 26.1 Å². The molecule has 0 aliphatic carbocycles. The van der Waals surface area contributed by atoms with Crippen LogP contribution >= 0.6 is 0 Å². The fraction of sp³-hybridized carbons (Fsp3) is 0.889. The van der Waals surface area contributed by atoms with Crippen molar-refractivity contribution < 1.29 is 8.42 Å². The molecule has 0 aromatic heterocycles. The number of hydrogen-bond donors (Lipinski definition) is 1. The Bertz CT molecular complexity index is 271. The first kappa shape index (κ1) is 13.4. The lowest BCUT2D eigenvalue weighted by Gasteiger charge is -2.02. The summed E-state index contributed by atoms with van der Waals surface area (Å²) >= 11 is 0. The van der Waals surface area contributed by atoms with Crippen LogP contribution in [0.4, 0.5) is 0 Å². The third-order valence-corrected chi connectivity index (χ3v) is 2.98. The Morgan fingerprint density at radius 1 is 1.29 bits per heavy atom. The number of rotatable bonds is 7. The number of hydrogen-bond acceptors (Lipinski definition) is 4. The molecule has 2 N–H and O–H groups in total. The first-order valence-corrected chi connectivity index (χ1v) is 6.99. The molecular formula is C9H20N2O2S. The van der Waals surface area contributed by atoms with Gasteiger partial charge < -0.3 is 5.84 Å². The molecule has 5 heteroatoms. The molecule has 0 bridgehead atoms. The Kier molecular flexibility index (Phi) is 6.53. The molecule has 0 unspecified atom stereocenters. The molecule has 0 aliphatic heterocycles.